The molecule has 1 aromatic heterocycles. The number of esters is 1. The summed E-state index contributed by atoms with van der Waals surface area (Å²) in [6, 6.07) is 1.48. The molecule has 0 saturated heterocycles. The molecule has 0 saturated carbocycles. The fraction of sp³-hybridized carbons (Fsp3) is 0.333. The van der Waals surface area contributed by atoms with Crippen molar-refractivity contribution in [1.82, 2.24) is 4.98 Å². The number of hydrogen-bond acceptors (Lipinski definition) is 4. The van der Waals surface area contributed by atoms with Crippen LogP contribution in [0.2, 0.25) is 0 Å². The average Bonchev–Trinajstić information content (AvgIpc) is 2.19. The molecule has 7 heteroatoms. The number of carbonyl (C=O) groups excluding carboxylic acids is 1. The third kappa shape index (κ3) is 2.85. The lowest BCUT2D eigenvalue weighted by Gasteiger charge is -2.08. The van der Waals surface area contributed by atoms with Gasteiger partial charge >= 0.3 is 12.1 Å². The Bertz CT molecular complexity index is 403. The maximum Gasteiger partial charge on any atom is 0.433 e. The van der Waals surface area contributed by atoms with Gasteiger partial charge in [0, 0.05) is 0 Å². The second kappa shape index (κ2) is 4.38. The van der Waals surface area contributed by atoms with Crippen LogP contribution in [0.1, 0.15) is 11.4 Å². The zero-order valence-corrected chi connectivity index (χ0v) is 8.21. The number of carbonyl (C=O) groups is 1. The molecule has 1 aromatic rings. The van der Waals surface area contributed by atoms with Gasteiger partial charge in [-0.05, 0) is 12.1 Å². The van der Waals surface area contributed by atoms with Crippen molar-refractivity contribution in [3.05, 3.63) is 23.5 Å². The predicted octanol–water partition coefficient (Wildman–Crippen LogP) is 1.52. The van der Waals surface area contributed by atoms with Crippen LogP contribution in [0.15, 0.2) is 12.1 Å². The van der Waals surface area contributed by atoms with Crippen LogP contribution >= 0.6 is 0 Å². The van der Waals surface area contributed by atoms with Gasteiger partial charge in [-0.2, -0.15) is 13.2 Å². The van der Waals surface area contributed by atoms with E-state index in [2.05, 4.69) is 9.72 Å². The molecule has 16 heavy (non-hydrogen) atoms. The quantitative estimate of drug-likeness (QED) is 0.789. The van der Waals surface area contributed by atoms with E-state index in [-0.39, 0.29) is 5.69 Å². The van der Waals surface area contributed by atoms with Crippen LogP contribution < -0.4 is 0 Å². The van der Waals surface area contributed by atoms with Crippen LogP contribution in [-0.2, 0) is 22.1 Å². The topological polar surface area (TPSA) is 59.4 Å². The first-order valence-electron chi connectivity index (χ1n) is 4.17. The molecule has 0 spiro atoms. The van der Waals surface area contributed by atoms with Crippen LogP contribution in [0.4, 0.5) is 13.2 Å². The fourth-order valence-electron chi connectivity index (χ4n) is 0.991. The number of ether oxygens (including phenoxy) is 1. The first kappa shape index (κ1) is 12.3. The van der Waals surface area contributed by atoms with Crippen molar-refractivity contribution >= 4 is 5.97 Å². The first-order valence-corrected chi connectivity index (χ1v) is 4.17. The molecule has 0 aliphatic heterocycles. The predicted molar refractivity (Wildman–Crippen MR) is 46.6 cm³/mol. The Morgan fingerprint density at radius 1 is 1.50 bits per heavy atom. The van der Waals surface area contributed by atoms with Crippen molar-refractivity contribution in [2.24, 2.45) is 0 Å². The average molecular weight is 235 g/mol. The van der Waals surface area contributed by atoms with E-state index in [0.717, 1.165) is 13.2 Å². The van der Waals surface area contributed by atoms with Gasteiger partial charge in [0.25, 0.3) is 0 Å². The summed E-state index contributed by atoms with van der Waals surface area (Å²) in [5.74, 6) is -1.25. The van der Waals surface area contributed by atoms with Gasteiger partial charge in [0.15, 0.2) is 0 Å². The second-order valence-corrected chi connectivity index (χ2v) is 2.91. The van der Waals surface area contributed by atoms with Gasteiger partial charge in [0.1, 0.15) is 11.4 Å². The molecule has 4 nitrogen and oxygen atoms in total. The van der Waals surface area contributed by atoms with E-state index in [1.165, 1.54) is 0 Å². The summed E-state index contributed by atoms with van der Waals surface area (Å²) in [4.78, 5) is 14.0. The Morgan fingerprint density at radius 3 is 2.62 bits per heavy atom. The molecule has 0 atom stereocenters. The summed E-state index contributed by atoms with van der Waals surface area (Å²) in [6.45, 7) is 0. The zero-order valence-electron chi connectivity index (χ0n) is 8.21. The fourth-order valence-corrected chi connectivity index (χ4v) is 0.991. The summed E-state index contributed by atoms with van der Waals surface area (Å²) in [5, 5.41) is 9.21. The summed E-state index contributed by atoms with van der Waals surface area (Å²) in [5.41, 5.74) is -1.52. The molecule has 0 aliphatic rings. The van der Waals surface area contributed by atoms with Gasteiger partial charge in [-0.3, -0.25) is 4.79 Å². The van der Waals surface area contributed by atoms with Gasteiger partial charge in [0.05, 0.1) is 19.2 Å². The lowest BCUT2D eigenvalue weighted by molar-refractivity contribution is -0.142. The molecule has 0 aliphatic carbocycles. The van der Waals surface area contributed by atoms with E-state index < -0.39 is 30.0 Å². The van der Waals surface area contributed by atoms with Gasteiger partial charge in [-0.1, -0.05) is 0 Å². The van der Waals surface area contributed by atoms with Crippen molar-refractivity contribution in [3.63, 3.8) is 0 Å². The number of hydrogen-bond donors (Lipinski definition) is 1. The van der Waals surface area contributed by atoms with E-state index in [4.69, 9.17) is 0 Å². The highest BCUT2D eigenvalue weighted by atomic mass is 19.4. The Kier molecular flexibility index (Phi) is 3.36. The molecule has 1 heterocycles. The number of aromatic hydroxyl groups is 1. The lowest BCUT2D eigenvalue weighted by atomic mass is 10.2. The van der Waals surface area contributed by atoms with Crippen LogP contribution in [0, 0.1) is 0 Å². The minimum atomic E-state index is -4.61. The van der Waals surface area contributed by atoms with Gasteiger partial charge in [0.2, 0.25) is 0 Å². The Labute approximate surface area is 88.7 Å². The van der Waals surface area contributed by atoms with Crippen LogP contribution in [0.5, 0.6) is 5.75 Å². The number of nitrogens with zero attached hydrogens (tertiary/aromatic N) is 1. The summed E-state index contributed by atoms with van der Waals surface area (Å²) in [7, 11) is 1.09. The highest BCUT2D eigenvalue weighted by Gasteiger charge is 2.33. The molecule has 88 valence electrons. The highest BCUT2D eigenvalue weighted by molar-refractivity contribution is 5.72. The van der Waals surface area contributed by atoms with E-state index in [0.29, 0.717) is 6.07 Å². The van der Waals surface area contributed by atoms with E-state index >= 15 is 0 Å². The lowest BCUT2D eigenvalue weighted by Crippen LogP contribution is -2.12. The van der Waals surface area contributed by atoms with Crippen molar-refractivity contribution < 1.29 is 27.8 Å². The molecule has 0 amide bonds. The minimum absolute atomic E-state index is 0.360. The Morgan fingerprint density at radius 2 is 2.12 bits per heavy atom. The molecule has 0 fully saturated rings. The third-order valence-corrected chi connectivity index (χ3v) is 1.78. The molecule has 0 radical (unpaired) electrons. The minimum Gasteiger partial charge on any atom is -0.506 e. The number of alkyl halides is 3. The van der Waals surface area contributed by atoms with Crippen molar-refractivity contribution in [2.45, 2.75) is 12.6 Å². The smallest absolute Gasteiger partial charge is 0.433 e. The number of methoxy groups -OCH3 is 1. The highest BCUT2D eigenvalue weighted by Crippen LogP contribution is 2.29. The van der Waals surface area contributed by atoms with Crippen molar-refractivity contribution in [3.8, 4) is 5.75 Å². The molecule has 0 aromatic carbocycles. The van der Waals surface area contributed by atoms with Crippen molar-refractivity contribution in [2.75, 3.05) is 7.11 Å². The van der Waals surface area contributed by atoms with E-state index in [1.54, 1.807) is 0 Å². The number of aromatic nitrogens is 1. The summed E-state index contributed by atoms with van der Waals surface area (Å²) < 4.78 is 41.0. The number of rotatable bonds is 2. The summed E-state index contributed by atoms with van der Waals surface area (Å²) in [6.07, 6.45) is -5.12. The largest absolute Gasteiger partial charge is 0.506 e. The molecular weight excluding hydrogens is 227 g/mol. The standard InChI is InChI=1S/C9H8F3NO3/c1-16-8(15)4-5-6(14)2-3-7(13-5)9(10,11)12/h2-3,14H,4H2,1H3. The first-order chi connectivity index (χ1) is 7.34. The maximum atomic E-state index is 12.3. The van der Waals surface area contributed by atoms with Gasteiger partial charge in [-0.25, -0.2) is 4.98 Å². The molecular formula is C9H8F3NO3. The Hall–Kier alpha value is -1.79. The molecule has 0 bridgehead atoms. The maximum absolute atomic E-state index is 12.3. The van der Waals surface area contributed by atoms with Crippen molar-refractivity contribution in [1.29, 1.82) is 0 Å². The van der Waals surface area contributed by atoms with Gasteiger partial charge in [-0.15, -0.1) is 0 Å². The zero-order chi connectivity index (χ0) is 12.3. The SMILES string of the molecule is COC(=O)Cc1nc(C(F)(F)F)ccc1O. The number of pyridine rings is 1. The van der Waals surface area contributed by atoms with Crippen LogP contribution in [0.25, 0.3) is 0 Å². The molecule has 1 N–H and O–H groups in total. The monoisotopic (exact) mass is 235 g/mol. The van der Waals surface area contributed by atoms with Gasteiger partial charge < -0.3 is 9.84 Å². The Balaban J connectivity index is 3.04. The van der Waals surface area contributed by atoms with Crippen LogP contribution in [0.3, 0.4) is 0 Å². The van der Waals surface area contributed by atoms with Crippen LogP contribution in [-0.4, -0.2) is 23.2 Å². The molecule has 1 rings (SSSR count). The van der Waals surface area contributed by atoms with E-state index in [1.807, 2.05) is 0 Å². The molecule has 0 unspecified atom stereocenters. The summed E-state index contributed by atoms with van der Waals surface area (Å²) >= 11 is 0. The normalized spacial score (nSPS) is 11.2. The van der Waals surface area contributed by atoms with E-state index in [9.17, 15) is 23.1 Å². The second-order valence-electron chi connectivity index (χ2n) is 2.91. The number of halogens is 3. The third-order valence-electron chi connectivity index (χ3n) is 1.78.